The Balaban J connectivity index is 1.38. The van der Waals surface area contributed by atoms with Gasteiger partial charge in [-0.3, -0.25) is 0 Å². The topological polar surface area (TPSA) is 36.5 Å². The summed E-state index contributed by atoms with van der Waals surface area (Å²) in [5, 5.41) is 11.8. The molecule has 1 aliphatic rings. The van der Waals surface area contributed by atoms with Gasteiger partial charge in [-0.1, -0.05) is 97.1 Å². The number of fused-ring (bicyclic) bond motifs is 12. The van der Waals surface area contributed by atoms with Crippen LogP contribution in [0.15, 0.2) is 126 Å². The van der Waals surface area contributed by atoms with Gasteiger partial charge in [-0.2, -0.15) is 0 Å². The number of benzene rings is 7. The van der Waals surface area contributed by atoms with E-state index >= 15 is 0 Å². The molecule has 0 radical (unpaired) electrons. The predicted molar refractivity (Wildman–Crippen MR) is 196 cm³/mol. The van der Waals surface area contributed by atoms with E-state index in [4.69, 9.17) is 13.7 Å². The molecule has 9 aromatic rings. The highest BCUT2D eigenvalue weighted by Gasteiger charge is 2.52. The van der Waals surface area contributed by atoms with Gasteiger partial charge >= 0.3 is 7.12 Å². The molecule has 7 aromatic carbocycles. The standard InChI is InChI=1S/C42H32BNO3/c1-41(2)42(3,4)47-43(46-41)32-21-24-35(38-31-20-17-27-13-7-10-16-30(27)39(31)45-40(32)38)44-33-22-18-25-11-5-8-14-28(25)36(33)37-29-15-9-6-12-26(29)19-23-34(37)44/h5-24H,1-4H3. The summed E-state index contributed by atoms with van der Waals surface area (Å²) in [6.07, 6.45) is 0. The fourth-order valence-electron chi connectivity index (χ4n) is 7.76. The second-order valence-electron chi connectivity index (χ2n) is 13.9. The van der Waals surface area contributed by atoms with Gasteiger partial charge in [0.2, 0.25) is 0 Å². The van der Waals surface area contributed by atoms with Crippen LogP contribution in [-0.4, -0.2) is 22.9 Å². The number of hydrogen-bond acceptors (Lipinski definition) is 3. The molecule has 0 amide bonds. The first-order valence-electron chi connectivity index (χ1n) is 16.4. The molecular weight excluding hydrogens is 577 g/mol. The summed E-state index contributed by atoms with van der Waals surface area (Å²) in [5.74, 6) is 0. The van der Waals surface area contributed by atoms with Gasteiger partial charge in [-0.05, 0) is 78.9 Å². The van der Waals surface area contributed by atoms with Crippen molar-refractivity contribution in [1.29, 1.82) is 0 Å². The maximum atomic E-state index is 6.98. The molecule has 0 aliphatic carbocycles. The van der Waals surface area contributed by atoms with Crippen LogP contribution in [-0.2, 0) is 9.31 Å². The highest BCUT2D eigenvalue weighted by molar-refractivity contribution is 6.65. The number of furan rings is 1. The molecule has 4 nitrogen and oxygen atoms in total. The smallest absolute Gasteiger partial charge is 0.456 e. The summed E-state index contributed by atoms with van der Waals surface area (Å²) in [6.45, 7) is 8.38. The summed E-state index contributed by atoms with van der Waals surface area (Å²) >= 11 is 0. The lowest BCUT2D eigenvalue weighted by atomic mass is 9.78. The maximum absolute atomic E-state index is 6.98. The Kier molecular flexibility index (Phi) is 5.33. The Labute approximate surface area is 272 Å². The molecule has 0 N–H and O–H groups in total. The van der Waals surface area contributed by atoms with E-state index in [9.17, 15) is 0 Å². The molecule has 0 unspecified atom stereocenters. The lowest BCUT2D eigenvalue weighted by Crippen LogP contribution is -2.41. The van der Waals surface area contributed by atoms with Gasteiger partial charge in [-0.25, -0.2) is 0 Å². The molecule has 2 aromatic heterocycles. The molecule has 3 heterocycles. The number of hydrogen-bond donors (Lipinski definition) is 0. The average Bonchev–Trinajstić information content (AvgIpc) is 3.71. The molecule has 5 heteroatoms. The van der Waals surface area contributed by atoms with Gasteiger partial charge in [0.05, 0.1) is 33.3 Å². The predicted octanol–water partition coefficient (Wildman–Crippen LogP) is 10.4. The van der Waals surface area contributed by atoms with Gasteiger partial charge in [-0.15, -0.1) is 0 Å². The lowest BCUT2D eigenvalue weighted by molar-refractivity contribution is 0.00578. The summed E-state index contributed by atoms with van der Waals surface area (Å²) in [6, 6.07) is 43.7. The molecule has 1 fully saturated rings. The van der Waals surface area contributed by atoms with Crippen LogP contribution < -0.4 is 5.46 Å². The van der Waals surface area contributed by atoms with E-state index < -0.39 is 18.3 Å². The van der Waals surface area contributed by atoms with Crippen molar-refractivity contribution in [1.82, 2.24) is 4.57 Å². The zero-order valence-corrected chi connectivity index (χ0v) is 26.8. The van der Waals surface area contributed by atoms with Gasteiger partial charge in [0, 0.05) is 27.0 Å². The summed E-state index contributed by atoms with van der Waals surface area (Å²) in [7, 11) is -0.561. The molecule has 47 heavy (non-hydrogen) atoms. The third-order valence-corrected chi connectivity index (χ3v) is 10.8. The Morgan fingerprint density at radius 2 is 0.979 bits per heavy atom. The summed E-state index contributed by atoms with van der Waals surface area (Å²) < 4.78 is 22.7. The second kappa shape index (κ2) is 9.25. The van der Waals surface area contributed by atoms with Crippen molar-refractivity contribution >= 4 is 88.6 Å². The minimum absolute atomic E-state index is 0.476. The molecule has 10 rings (SSSR count). The summed E-state index contributed by atoms with van der Waals surface area (Å²) in [5.41, 5.74) is 5.01. The fraction of sp³-hybridized carbons (Fsp3) is 0.143. The normalized spacial score (nSPS) is 16.2. The SMILES string of the molecule is CC1(C)OB(c2ccc(-n3c4ccc5ccccc5c4c4c5ccccc5ccc43)c3c2oc2c4ccccc4ccc23)OC1(C)C. The second-order valence-corrected chi connectivity index (χ2v) is 13.9. The fourth-order valence-corrected chi connectivity index (χ4v) is 7.76. The maximum Gasteiger partial charge on any atom is 0.498 e. The molecule has 0 atom stereocenters. The first-order valence-corrected chi connectivity index (χ1v) is 16.4. The average molecular weight is 610 g/mol. The Hall–Kier alpha value is -5.10. The molecular formula is C42H32BNO3. The van der Waals surface area contributed by atoms with Crippen LogP contribution in [0.4, 0.5) is 0 Å². The van der Waals surface area contributed by atoms with Gasteiger partial charge in [0.1, 0.15) is 11.2 Å². The van der Waals surface area contributed by atoms with Crippen molar-refractivity contribution in [3.05, 3.63) is 121 Å². The van der Waals surface area contributed by atoms with Crippen LogP contribution in [0.3, 0.4) is 0 Å². The van der Waals surface area contributed by atoms with Crippen molar-refractivity contribution < 1.29 is 13.7 Å². The summed E-state index contributed by atoms with van der Waals surface area (Å²) in [4.78, 5) is 0. The Morgan fingerprint density at radius 3 is 1.57 bits per heavy atom. The van der Waals surface area contributed by atoms with E-state index in [1.165, 1.54) is 32.3 Å². The van der Waals surface area contributed by atoms with Gasteiger partial charge in [0.25, 0.3) is 0 Å². The van der Waals surface area contributed by atoms with Crippen LogP contribution >= 0.6 is 0 Å². The zero-order chi connectivity index (χ0) is 31.7. The van der Waals surface area contributed by atoms with E-state index in [1.54, 1.807) is 0 Å². The van der Waals surface area contributed by atoms with Gasteiger partial charge in [0.15, 0.2) is 0 Å². The van der Waals surface area contributed by atoms with Crippen molar-refractivity contribution in [2.75, 3.05) is 0 Å². The largest absolute Gasteiger partial charge is 0.498 e. The van der Waals surface area contributed by atoms with Crippen LogP contribution in [0.25, 0.3) is 81.7 Å². The minimum Gasteiger partial charge on any atom is -0.456 e. The third kappa shape index (κ3) is 3.61. The van der Waals surface area contributed by atoms with Crippen molar-refractivity contribution in [3.8, 4) is 5.69 Å². The highest BCUT2D eigenvalue weighted by Crippen LogP contribution is 2.44. The van der Waals surface area contributed by atoms with Gasteiger partial charge < -0.3 is 18.3 Å². The van der Waals surface area contributed by atoms with Crippen LogP contribution in [0.1, 0.15) is 27.7 Å². The van der Waals surface area contributed by atoms with Crippen LogP contribution in [0, 0.1) is 0 Å². The van der Waals surface area contributed by atoms with E-state index in [2.05, 4.69) is 154 Å². The van der Waals surface area contributed by atoms with E-state index in [0.717, 1.165) is 54.9 Å². The van der Waals surface area contributed by atoms with Crippen molar-refractivity contribution in [2.24, 2.45) is 0 Å². The molecule has 226 valence electrons. The van der Waals surface area contributed by atoms with E-state index in [0.29, 0.717) is 0 Å². The van der Waals surface area contributed by atoms with Crippen molar-refractivity contribution in [3.63, 3.8) is 0 Å². The first kappa shape index (κ1) is 27.1. The number of nitrogens with zero attached hydrogens (tertiary/aromatic N) is 1. The van der Waals surface area contributed by atoms with E-state index in [-0.39, 0.29) is 0 Å². The van der Waals surface area contributed by atoms with E-state index in [1.807, 2.05) is 0 Å². The monoisotopic (exact) mass is 609 g/mol. The molecule has 0 saturated carbocycles. The quantitative estimate of drug-likeness (QED) is 0.183. The Morgan fingerprint density at radius 1 is 0.468 bits per heavy atom. The number of aromatic nitrogens is 1. The Bertz CT molecular complexity index is 2660. The molecule has 1 saturated heterocycles. The third-order valence-electron chi connectivity index (χ3n) is 10.8. The van der Waals surface area contributed by atoms with Crippen molar-refractivity contribution in [2.45, 2.75) is 38.9 Å². The highest BCUT2D eigenvalue weighted by atomic mass is 16.7. The lowest BCUT2D eigenvalue weighted by Gasteiger charge is -2.32. The van der Waals surface area contributed by atoms with Crippen LogP contribution in [0.5, 0.6) is 0 Å². The molecule has 0 spiro atoms. The zero-order valence-electron chi connectivity index (χ0n) is 26.8. The first-order chi connectivity index (χ1) is 22.8. The molecule has 0 bridgehead atoms. The minimum atomic E-state index is -0.561. The number of rotatable bonds is 2. The molecule has 1 aliphatic heterocycles. The van der Waals surface area contributed by atoms with Crippen LogP contribution in [0.2, 0.25) is 0 Å².